The number of likely N-dealkylation sites (N-methyl/N-ethyl adjacent to an activating group) is 1. The van der Waals surface area contributed by atoms with Crippen LogP contribution >= 0.6 is 0 Å². The number of rotatable bonds is 12. The second-order valence-electron chi connectivity index (χ2n) is 7.19. The summed E-state index contributed by atoms with van der Waals surface area (Å²) in [5, 5.41) is 18.0. The van der Waals surface area contributed by atoms with Crippen molar-refractivity contribution in [3.05, 3.63) is 29.3 Å². The maximum atomic E-state index is 12.5. The lowest BCUT2D eigenvalue weighted by atomic mass is 9.98. The van der Waals surface area contributed by atoms with Gasteiger partial charge in [0.1, 0.15) is 0 Å². The van der Waals surface area contributed by atoms with E-state index in [1.165, 1.54) is 0 Å². The quantitative estimate of drug-likeness (QED) is 0.358. The molecule has 0 aliphatic carbocycles. The molecule has 3 amide bonds. The number of hydrogen-bond donors (Lipinski definition) is 5. The van der Waals surface area contributed by atoms with E-state index >= 15 is 0 Å². The van der Waals surface area contributed by atoms with Crippen LogP contribution in [0.5, 0.6) is 0 Å². The third kappa shape index (κ3) is 8.88. The lowest BCUT2D eigenvalue weighted by molar-refractivity contribution is -0.118. The van der Waals surface area contributed by atoms with Crippen LogP contribution in [0.1, 0.15) is 50.7 Å². The van der Waals surface area contributed by atoms with Gasteiger partial charge >= 0.3 is 6.03 Å². The monoisotopic (exact) mass is 378 g/mol. The van der Waals surface area contributed by atoms with Gasteiger partial charge < -0.3 is 26.8 Å². The average Bonchev–Trinajstić information content (AvgIpc) is 2.61. The van der Waals surface area contributed by atoms with Crippen LogP contribution in [0.2, 0.25) is 0 Å². The number of aryl methyl sites for hydroxylation is 1. The molecule has 0 saturated carbocycles. The fourth-order valence-corrected chi connectivity index (χ4v) is 2.95. The Morgan fingerprint density at radius 2 is 1.89 bits per heavy atom. The summed E-state index contributed by atoms with van der Waals surface area (Å²) < 4.78 is 0. The zero-order valence-electron chi connectivity index (χ0n) is 16.7. The van der Waals surface area contributed by atoms with Crippen molar-refractivity contribution in [3.63, 3.8) is 0 Å². The summed E-state index contributed by atoms with van der Waals surface area (Å²) in [5.41, 5.74) is 7.73. The SMILES string of the molecule is CNC(CCCNC(N)=O)C(=O)Nc1ccc(CO)c(CCCC(C)C)c1. The Bertz CT molecular complexity index is 605. The molecule has 0 spiro atoms. The minimum Gasteiger partial charge on any atom is -0.392 e. The van der Waals surface area contributed by atoms with E-state index in [0.29, 0.717) is 25.3 Å². The number of amides is 3. The summed E-state index contributed by atoms with van der Waals surface area (Å²) in [4.78, 5) is 23.2. The number of hydrogen-bond acceptors (Lipinski definition) is 4. The zero-order valence-corrected chi connectivity index (χ0v) is 16.7. The van der Waals surface area contributed by atoms with E-state index < -0.39 is 6.03 Å². The normalized spacial score (nSPS) is 12.0. The molecule has 0 aliphatic rings. The summed E-state index contributed by atoms with van der Waals surface area (Å²) in [6.45, 7) is 4.82. The van der Waals surface area contributed by atoms with E-state index in [1.807, 2.05) is 18.2 Å². The lowest BCUT2D eigenvalue weighted by Gasteiger charge is -2.17. The van der Waals surface area contributed by atoms with Gasteiger partial charge in [-0.25, -0.2) is 4.79 Å². The lowest BCUT2D eigenvalue weighted by Crippen LogP contribution is -2.39. The van der Waals surface area contributed by atoms with E-state index in [4.69, 9.17) is 5.73 Å². The Morgan fingerprint density at radius 3 is 2.48 bits per heavy atom. The molecule has 1 aromatic rings. The van der Waals surface area contributed by atoms with Crippen LogP contribution < -0.4 is 21.7 Å². The standard InChI is InChI=1S/C20H34N4O3/c1-14(2)6-4-7-15-12-17(10-9-16(15)13-25)24-19(26)18(22-3)8-5-11-23-20(21)27/h9-10,12,14,18,22,25H,4-8,11,13H2,1-3H3,(H,24,26)(H3,21,23,27). The highest BCUT2D eigenvalue weighted by Gasteiger charge is 2.16. The fourth-order valence-electron chi connectivity index (χ4n) is 2.95. The van der Waals surface area contributed by atoms with Crippen molar-refractivity contribution in [2.24, 2.45) is 11.7 Å². The molecule has 0 radical (unpaired) electrons. The van der Waals surface area contributed by atoms with Crippen LogP contribution in [0.15, 0.2) is 18.2 Å². The Kier molecular flexibility index (Phi) is 10.4. The van der Waals surface area contributed by atoms with Crippen molar-refractivity contribution in [2.75, 3.05) is 18.9 Å². The first-order valence-electron chi connectivity index (χ1n) is 9.61. The van der Waals surface area contributed by atoms with E-state index in [2.05, 4.69) is 29.8 Å². The molecule has 1 aromatic carbocycles. The zero-order chi connectivity index (χ0) is 20.2. The number of aliphatic hydroxyl groups is 1. The van der Waals surface area contributed by atoms with Crippen molar-refractivity contribution in [2.45, 2.75) is 58.6 Å². The molecule has 152 valence electrons. The molecule has 0 bridgehead atoms. The molecule has 6 N–H and O–H groups in total. The highest BCUT2D eigenvalue weighted by Crippen LogP contribution is 2.20. The Balaban J connectivity index is 2.66. The first kappa shape index (κ1) is 22.9. The Labute approximate surface area is 162 Å². The molecule has 1 rings (SSSR count). The molecular formula is C20H34N4O3. The van der Waals surface area contributed by atoms with Gasteiger partial charge in [0.2, 0.25) is 5.91 Å². The number of benzene rings is 1. The van der Waals surface area contributed by atoms with E-state index in [1.54, 1.807) is 7.05 Å². The average molecular weight is 379 g/mol. The number of carbonyl (C=O) groups is 2. The van der Waals surface area contributed by atoms with Crippen molar-refractivity contribution >= 4 is 17.6 Å². The topological polar surface area (TPSA) is 116 Å². The van der Waals surface area contributed by atoms with Crippen molar-refractivity contribution in [1.29, 1.82) is 0 Å². The molecule has 27 heavy (non-hydrogen) atoms. The molecule has 0 aromatic heterocycles. The van der Waals surface area contributed by atoms with Gasteiger partial charge in [-0.2, -0.15) is 0 Å². The van der Waals surface area contributed by atoms with Gasteiger partial charge in [-0.15, -0.1) is 0 Å². The predicted molar refractivity (Wildman–Crippen MR) is 108 cm³/mol. The van der Waals surface area contributed by atoms with Crippen LogP contribution in [0.25, 0.3) is 0 Å². The molecule has 0 saturated heterocycles. The second kappa shape index (κ2) is 12.3. The summed E-state index contributed by atoms with van der Waals surface area (Å²) in [6.07, 6.45) is 4.28. The molecule has 1 unspecified atom stereocenters. The van der Waals surface area contributed by atoms with Gasteiger partial charge in [-0.05, 0) is 61.9 Å². The Morgan fingerprint density at radius 1 is 1.15 bits per heavy atom. The molecule has 1 atom stereocenters. The molecule has 0 heterocycles. The molecule has 0 fully saturated rings. The van der Waals surface area contributed by atoms with Gasteiger partial charge in [0.25, 0.3) is 0 Å². The minimum absolute atomic E-state index is 0.00274. The van der Waals surface area contributed by atoms with Crippen LogP contribution in [0, 0.1) is 5.92 Å². The summed E-state index contributed by atoms with van der Waals surface area (Å²) >= 11 is 0. The number of carbonyl (C=O) groups excluding carboxylic acids is 2. The smallest absolute Gasteiger partial charge is 0.312 e. The van der Waals surface area contributed by atoms with Crippen LogP contribution in [-0.2, 0) is 17.8 Å². The maximum Gasteiger partial charge on any atom is 0.312 e. The van der Waals surface area contributed by atoms with E-state index in [0.717, 1.165) is 36.1 Å². The number of anilines is 1. The largest absolute Gasteiger partial charge is 0.392 e. The van der Waals surface area contributed by atoms with Crippen molar-refractivity contribution in [3.8, 4) is 0 Å². The fraction of sp³-hybridized carbons (Fsp3) is 0.600. The maximum absolute atomic E-state index is 12.5. The van der Waals surface area contributed by atoms with Crippen molar-refractivity contribution < 1.29 is 14.7 Å². The van der Waals surface area contributed by atoms with Crippen LogP contribution in [0.3, 0.4) is 0 Å². The molecule has 7 nitrogen and oxygen atoms in total. The van der Waals surface area contributed by atoms with Crippen LogP contribution in [0.4, 0.5) is 10.5 Å². The number of urea groups is 1. The van der Waals surface area contributed by atoms with Gasteiger partial charge in [-0.1, -0.05) is 26.3 Å². The second-order valence-corrected chi connectivity index (χ2v) is 7.19. The first-order valence-corrected chi connectivity index (χ1v) is 9.61. The van der Waals surface area contributed by atoms with Gasteiger partial charge in [0, 0.05) is 12.2 Å². The molecule has 7 heteroatoms. The minimum atomic E-state index is -0.561. The first-order chi connectivity index (χ1) is 12.9. The summed E-state index contributed by atoms with van der Waals surface area (Å²) in [7, 11) is 1.73. The third-order valence-corrected chi connectivity index (χ3v) is 4.51. The number of nitrogens with one attached hydrogen (secondary N) is 3. The number of aliphatic hydroxyl groups excluding tert-OH is 1. The van der Waals surface area contributed by atoms with E-state index in [-0.39, 0.29) is 18.6 Å². The van der Waals surface area contributed by atoms with Crippen LogP contribution in [-0.4, -0.2) is 36.7 Å². The summed E-state index contributed by atoms with van der Waals surface area (Å²) in [5.74, 6) is 0.521. The Hall–Kier alpha value is -2.12. The van der Waals surface area contributed by atoms with Gasteiger partial charge in [0.05, 0.1) is 12.6 Å². The highest BCUT2D eigenvalue weighted by molar-refractivity contribution is 5.94. The third-order valence-electron chi connectivity index (χ3n) is 4.51. The number of nitrogens with two attached hydrogens (primary N) is 1. The number of primary amides is 1. The highest BCUT2D eigenvalue weighted by atomic mass is 16.3. The molecular weight excluding hydrogens is 344 g/mol. The predicted octanol–water partition coefficient (Wildman–Crippen LogP) is 2.13. The van der Waals surface area contributed by atoms with Gasteiger partial charge in [0.15, 0.2) is 0 Å². The molecule has 0 aliphatic heterocycles. The summed E-state index contributed by atoms with van der Waals surface area (Å²) in [6, 6.07) is 4.71. The van der Waals surface area contributed by atoms with E-state index in [9.17, 15) is 14.7 Å². The van der Waals surface area contributed by atoms with Crippen molar-refractivity contribution in [1.82, 2.24) is 10.6 Å². The van der Waals surface area contributed by atoms with Gasteiger partial charge in [-0.3, -0.25) is 4.79 Å².